The molecule has 0 aliphatic heterocycles. The van der Waals surface area contributed by atoms with Crippen molar-refractivity contribution in [1.29, 1.82) is 0 Å². The van der Waals surface area contributed by atoms with E-state index in [1.165, 1.54) is 70.6 Å². The van der Waals surface area contributed by atoms with Crippen LogP contribution in [0.15, 0.2) is 12.2 Å². The molecule has 130 valence electrons. The van der Waals surface area contributed by atoms with Crippen LogP contribution in [0.1, 0.15) is 104 Å². The first kappa shape index (κ1) is 21.2. The molecule has 0 spiro atoms. The fourth-order valence-electron chi connectivity index (χ4n) is 2.83. The van der Waals surface area contributed by atoms with Crippen LogP contribution in [0.5, 0.6) is 0 Å². The number of carbonyl (C=O) groups excluding carboxylic acids is 1. The molecule has 0 heterocycles. The van der Waals surface area contributed by atoms with Crippen LogP contribution < -0.4 is 5.73 Å². The first-order valence-electron chi connectivity index (χ1n) is 9.66. The van der Waals surface area contributed by atoms with Gasteiger partial charge in [0.15, 0.2) is 0 Å². The van der Waals surface area contributed by atoms with E-state index in [1.54, 1.807) is 0 Å². The molecule has 0 aliphatic carbocycles. The first-order chi connectivity index (χ1) is 10.7. The van der Waals surface area contributed by atoms with E-state index < -0.39 is 0 Å². The maximum atomic E-state index is 11.1. The molecule has 0 saturated heterocycles. The van der Waals surface area contributed by atoms with Gasteiger partial charge in [-0.3, -0.25) is 4.79 Å². The molecule has 0 bridgehead atoms. The second-order valence-electron chi connectivity index (χ2n) is 6.53. The Kier molecular flexibility index (Phi) is 16.0. The summed E-state index contributed by atoms with van der Waals surface area (Å²) in [6.45, 7) is 4.31. The average molecular weight is 310 g/mol. The number of nitrogens with two attached hydrogens (primary N) is 1. The molecular formula is C20H39NO. The lowest BCUT2D eigenvalue weighted by molar-refractivity contribution is -0.122. The minimum absolute atomic E-state index is 0.0947. The number of amides is 1. The van der Waals surface area contributed by atoms with Gasteiger partial charge in [-0.05, 0) is 38.5 Å². The molecule has 0 aromatic rings. The normalized spacial score (nSPS) is 12.8. The molecule has 0 aromatic carbocycles. The lowest BCUT2D eigenvalue weighted by Crippen LogP contribution is -2.22. The summed E-state index contributed by atoms with van der Waals surface area (Å²) in [4.78, 5) is 11.1. The third kappa shape index (κ3) is 14.2. The molecule has 0 rings (SSSR count). The summed E-state index contributed by atoms with van der Waals surface area (Å²) in [5, 5.41) is 0. The van der Waals surface area contributed by atoms with E-state index in [4.69, 9.17) is 5.73 Å². The average Bonchev–Trinajstić information content (AvgIpc) is 2.51. The summed E-state index contributed by atoms with van der Waals surface area (Å²) < 4.78 is 0. The van der Waals surface area contributed by atoms with E-state index in [0.717, 1.165) is 19.3 Å². The van der Waals surface area contributed by atoms with Gasteiger partial charge in [0.05, 0.1) is 0 Å². The Bertz CT molecular complexity index is 273. The summed E-state index contributed by atoms with van der Waals surface area (Å²) in [6.07, 6.45) is 22.3. The van der Waals surface area contributed by atoms with E-state index in [0.29, 0.717) is 0 Å². The summed E-state index contributed by atoms with van der Waals surface area (Å²) >= 11 is 0. The van der Waals surface area contributed by atoms with Crippen LogP contribution in [-0.2, 0) is 4.79 Å². The van der Waals surface area contributed by atoms with E-state index in [1.807, 2.05) is 6.92 Å². The number of rotatable bonds is 16. The Morgan fingerprint density at radius 3 is 1.82 bits per heavy atom. The predicted octanol–water partition coefficient (Wildman–Crippen LogP) is 6.15. The van der Waals surface area contributed by atoms with Crippen LogP contribution in [0, 0.1) is 5.92 Å². The molecule has 1 amide bonds. The SMILES string of the molecule is CCCCCCCC/C=C\CCCCCCC(CC)C(N)=O. The number of hydrogen-bond donors (Lipinski definition) is 1. The smallest absolute Gasteiger partial charge is 0.220 e. The highest BCUT2D eigenvalue weighted by Crippen LogP contribution is 2.14. The van der Waals surface area contributed by atoms with Crippen molar-refractivity contribution in [3.63, 3.8) is 0 Å². The van der Waals surface area contributed by atoms with Gasteiger partial charge in [-0.15, -0.1) is 0 Å². The molecule has 0 fully saturated rings. The van der Waals surface area contributed by atoms with Crippen LogP contribution in [0.3, 0.4) is 0 Å². The monoisotopic (exact) mass is 309 g/mol. The molecule has 2 heteroatoms. The first-order valence-corrected chi connectivity index (χ1v) is 9.66. The molecule has 0 aliphatic rings. The van der Waals surface area contributed by atoms with Gasteiger partial charge in [0.1, 0.15) is 0 Å². The summed E-state index contributed by atoms with van der Waals surface area (Å²) in [5.74, 6) is -0.0302. The fraction of sp³-hybridized carbons (Fsp3) is 0.850. The molecule has 22 heavy (non-hydrogen) atoms. The second-order valence-corrected chi connectivity index (χ2v) is 6.53. The molecule has 1 unspecified atom stereocenters. The molecule has 0 saturated carbocycles. The maximum Gasteiger partial charge on any atom is 0.220 e. The Hall–Kier alpha value is -0.790. The molecular weight excluding hydrogens is 270 g/mol. The lowest BCUT2D eigenvalue weighted by Gasteiger charge is -2.09. The minimum atomic E-state index is -0.125. The standard InChI is InChI=1S/C20H39NO/c1-3-5-6-7-8-9-10-11-12-13-14-15-16-17-18-19(4-2)20(21)22/h11-12,19H,3-10,13-18H2,1-2H3,(H2,21,22)/b12-11-. The van der Waals surface area contributed by atoms with Crippen LogP contribution in [0.25, 0.3) is 0 Å². The second kappa shape index (κ2) is 16.6. The number of carbonyl (C=O) groups is 1. The highest BCUT2D eigenvalue weighted by atomic mass is 16.1. The van der Waals surface area contributed by atoms with Crippen LogP contribution in [0.4, 0.5) is 0 Å². The van der Waals surface area contributed by atoms with Crippen molar-refractivity contribution >= 4 is 5.91 Å². The molecule has 0 aromatic heterocycles. The molecule has 2 N–H and O–H groups in total. The maximum absolute atomic E-state index is 11.1. The van der Waals surface area contributed by atoms with E-state index in [9.17, 15) is 4.79 Å². The number of primary amides is 1. The summed E-state index contributed by atoms with van der Waals surface area (Å²) in [5.41, 5.74) is 5.35. The fourth-order valence-corrected chi connectivity index (χ4v) is 2.83. The Morgan fingerprint density at radius 1 is 0.818 bits per heavy atom. The van der Waals surface area contributed by atoms with Gasteiger partial charge in [-0.1, -0.05) is 77.4 Å². The zero-order chi connectivity index (χ0) is 16.5. The van der Waals surface area contributed by atoms with Crippen molar-refractivity contribution in [2.24, 2.45) is 11.7 Å². The van der Waals surface area contributed by atoms with Crippen molar-refractivity contribution in [3.8, 4) is 0 Å². The third-order valence-electron chi connectivity index (χ3n) is 4.46. The number of allylic oxidation sites excluding steroid dienone is 2. The predicted molar refractivity (Wildman–Crippen MR) is 97.8 cm³/mol. The van der Waals surface area contributed by atoms with Crippen LogP contribution >= 0.6 is 0 Å². The van der Waals surface area contributed by atoms with Crippen molar-refractivity contribution in [2.75, 3.05) is 0 Å². The van der Waals surface area contributed by atoms with Gasteiger partial charge < -0.3 is 5.73 Å². The van der Waals surface area contributed by atoms with Crippen LogP contribution in [-0.4, -0.2) is 5.91 Å². The van der Waals surface area contributed by atoms with Gasteiger partial charge in [0.25, 0.3) is 0 Å². The van der Waals surface area contributed by atoms with Gasteiger partial charge in [0, 0.05) is 5.92 Å². The summed E-state index contributed by atoms with van der Waals surface area (Å²) in [7, 11) is 0. The van der Waals surface area contributed by atoms with Gasteiger partial charge in [0.2, 0.25) is 5.91 Å². The third-order valence-corrected chi connectivity index (χ3v) is 4.46. The number of hydrogen-bond acceptors (Lipinski definition) is 1. The van der Waals surface area contributed by atoms with Gasteiger partial charge in [-0.2, -0.15) is 0 Å². The van der Waals surface area contributed by atoms with Crippen molar-refractivity contribution in [1.82, 2.24) is 0 Å². The Morgan fingerprint density at radius 2 is 1.32 bits per heavy atom. The van der Waals surface area contributed by atoms with E-state index in [-0.39, 0.29) is 11.8 Å². The summed E-state index contributed by atoms with van der Waals surface area (Å²) in [6, 6.07) is 0. The zero-order valence-corrected chi connectivity index (χ0v) is 15.1. The van der Waals surface area contributed by atoms with Crippen molar-refractivity contribution in [2.45, 2.75) is 104 Å². The Labute approximate surface area is 138 Å². The minimum Gasteiger partial charge on any atom is -0.369 e. The largest absolute Gasteiger partial charge is 0.369 e. The quantitative estimate of drug-likeness (QED) is 0.270. The molecule has 0 radical (unpaired) electrons. The number of unbranched alkanes of at least 4 members (excludes halogenated alkanes) is 10. The topological polar surface area (TPSA) is 43.1 Å². The van der Waals surface area contributed by atoms with Gasteiger partial charge >= 0.3 is 0 Å². The van der Waals surface area contributed by atoms with E-state index >= 15 is 0 Å². The van der Waals surface area contributed by atoms with Gasteiger partial charge in [-0.25, -0.2) is 0 Å². The molecule has 1 atom stereocenters. The highest BCUT2D eigenvalue weighted by Gasteiger charge is 2.11. The zero-order valence-electron chi connectivity index (χ0n) is 15.1. The highest BCUT2D eigenvalue weighted by molar-refractivity contribution is 5.76. The van der Waals surface area contributed by atoms with Crippen molar-refractivity contribution < 1.29 is 4.79 Å². The Balaban J connectivity index is 3.25. The van der Waals surface area contributed by atoms with E-state index in [2.05, 4.69) is 19.1 Å². The molecule has 2 nitrogen and oxygen atoms in total. The van der Waals surface area contributed by atoms with Crippen molar-refractivity contribution in [3.05, 3.63) is 12.2 Å². The lowest BCUT2D eigenvalue weighted by atomic mass is 9.97. The van der Waals surface area contributed by atoms with Crippen LogP contribution in [0.2, 0.25) is 0 Å².